The van der Waals surface area contributed by atoms with Gasteiger partial charge in [-0.25, -0.2) is 0 Å². The summed E-state index contributed by atoms with van der Waals surface area (Å²) in [6, 6.07) is 0. The van der Waals surface area contributed by atoms with E-state index in [4.69, 9.17) is 9.84 Å². The number of hydrogen-bond acceptors (Lipinski definition) is 3. The molecular formula is C10H21NO3. The summed E-state index contributed by atoms with van der Waals surface area (Å²) < 4.78 is 5.01. The largest absolute Gasteiger partial charge is 0.480 e. The maximum Gasteiger partial charge on any atom is 0.317 e. The molecule has 4 heteroatoms. The Balaban J connectivity index is 3.87. The molecule has 0 radical (unpaired) electrons. The fourth-order valence-corrected chi connectivity index (χ4v) is 1.52. The van der Waals surface area contributed by atoms with E-state index in [0.717, 1.165) is 19.5 Å². The van der Waals surface area contributed by atoms with Crippen LogP contribution in [0.5, 0.6) is 0 Å². The molecule has 0 fully saturated rings. The molecule has 0 aliphatic heterocycles. The highest BCUT2D eigenvalue weighted by Gasteiger charge is 2.12. The van der Waals surface area contributed by atoms with Crippen molar-refractivity contribution < 1.29 is 14.6 Å². The van der Waals surface area contributed by atoms with Gasteiger partial charge in [0.25, 0.3) is 0 Å². The second-order valence-electron chi connectivity index (χ2n) is 3.69. The molecule has 0 amide bonds. The Hall–Kier alpha value is -0.610. The first-order valence-electron chi connectivity index (χ1n) is 5.03. The van der Waals surface area contributed by atoms with Gasteiger partial charge in [0.2, 0.25) is 0 Å². The summed E-state index contributed by atoms with van der Waals surface area (Å²) in [4.78, 5) is 12.5. The van der Waals surface area contributed by atoms with Crippen molar-refractivity contribution in [3.63, 3.8) is 0 Å². The van der Waals surface area contributed by atoms with Crippen LogP contribution in [0.15, 0.2) is 0 Å². The molecule has 0 saturated carbocycles. The van der Waals surface area contributed by atoms with E-state index in [1.54, 1.807) is 7.11 Å². The molecule has 0 aromatic heterocycles. The molecule has 1 N–H and O–H groups in total. The third-order valence-corrected chi connectivity index (χ3v) is 1.92. The third-order valence-electron chi connectivity index (χ3n) is 1.92. The van der Waals surface area contributed by atoms with Gasteiger partial charge in [0.15, 0.2) is 0 Å². The topological polar surface area (TPSA) is 49.8 Å². The average Bonchev–Trinajstić information content (AvgIpc) is 2.03. The molecule has 0 aliphatic rings. The van der Waals surface area contributed by atoms with Crippen LogP contribution in [0.3, 0.4) is 0 Å². The molecule has 0 saturated heterocycles. The molecule has 0 heterocycles. The normalized spacial score (nSPS) is 13.1. The van der Waals surface area contributed by atoms with Crippen LogP contribution in [0.4, 0.5) is 0 Å². The van der Waals surface area contributed by atoms with Gasteiger partial charge in [-0.2, -0.15) is 0 Å². The second kappa shape index (κ2) is 7.76. The quantitative estimate of drug-likeness (QED) is 0.641. The Morgan fingerprint density at radius 3 is 2.64 bits per heavy atom. The van der Waals surface area contributed by atoms with Gasteiger partial charge < -0.3 is 9.84 Å². The molecule has 0 rings (SSSR count). The molecule has 0 bridgehead atoms. The number of carboxylic acids is 1. The predicted octanol–water partition coefficient (Wildman–Crippen LogP) is 1.07. The van der Waals surface area contributed by atoms with E-state index in [-0.39, 0.29) is 6.54 Å². The summed E-state index contributed by atoms with van der Waals surface area (Å²) in [5.41, 5.74) is 0. The Morgan fingerprint density at radius 1 is 1.57 bits per heavy atom. The molecule has 4 nitrogen and oxygen atoms in total. The van der Waals surface area contributed by atoms with Crippen LogP contribution in [0.1, 0.15) is 20.3 Å². The van der Waals surface area contributed by atoms with Crippen LogP contribution >= 0.6 is 0 Å². The average molecular weight is 203 g/mol. The molecule has 0 spiro atoms. The smallest absolute Gasteiger partial charge is 0.317 e. The SMILES string of the molecule is CCCN(CC(=O)O)CC(C)COC. The van der Waals surface area contributed by atoms with Crippen molar-refractivity contribution in [2.75, 3.05) is 33.4 Å². The van der Waals surface area contributed by atoms with Crippen LogP contribution in [-0.2, 0) is 9.53 Å². The maximum atomic E-state index is 10.6. The Morgan fingerprint density at radius 2 is 2.21 bits per heavy atom. The summed E-state index contributed by atoms with van der Waals surface area (Å²) in [6.07, 6.45) is 0.979. The fourth-order valence-electron chi connectivity index (χ4n) is 1.52. The van der Waals surface area contributed by atoms with E-state index in [1.807, 2.05) is 4.90 Å². The van der Waals surface area contributed by atoms with Crippen molar-refractivity contribution in [1.29, 1.82) is 0 Å². The number of rotatable bonds is 8. The molecule has 1 atom stereocenters. The Kier molecular flexibility index (Phi) is 7.42. The molecule has 0 aromatic carbocycles. The van der Waals surface area contributed by atoms with Crippen molar-refractivity contribution in [1.82, 2.24) is 4.90 Å². The lowest BCUT2D eigenvalue weighted by Crippen LogP contribution is -2.35. The van der Waals surface area contributed by atoms with E-state index in [1.165, 1.54) is 0 Å². The molecule has 1 unspecified atom stereocenters. The van der Waals surface area contributed by atoms with E-state index in [2.05, 4.69) is 13.8 Å². The van der Waals surface area contributed by atoms with Crippen LogP contribution in [-0.4, -0.2) is 49.3 Å². The van der Waals surface area contributed by atoms with Crippen molar-refractivity contribution >= 4 is 5.97 Å². The lowest BCUT2D eigenvalue weighted by atomic mass is 10.2. The van der Waals surface area contributed by atoms with E-state index < -0.39 is 5.97 Å². The van der Waals surface area contributed by atoms with Gasteiger partial charge in [-0.1, -0.05) is 13.8 Å². The summed E-state index contributed by atoms with van der Waals surface area (Å²) in [5, 5.41) is 8.68. The van der Waals surface area contributed by atoms with E-state index >= 15 is 0 Å². The number of nitrogens with zero attached hydrogens (tertiary/aromatic N) is 1. The number of ether oxygens (including phenoxy) is 1. The maximum absolute atomic E-state index is 10.6. The summed E-state index contributed by atoms with van der Waals surface area (Å²) in [6.45, 7) is 6.54. The van der Waals surface area contributed by atoms with Crippen molar-refractivity contribution in [3.05, 3.63) is 0 Å². The number of carboxylic acid groups (broad SMARTS) is 1. The monoisotopic (exact) mass is 203 g/mol. The van der Waals surface area contributed by atoms with Gasteiger partial charge >= 0.3 is 5.97 Å². The van der Waals surface area contributed by atoms with Crippen molar-refractivity contribution in [2.24, 2.45) is 5.92 Å². The molecule has 14 heavy (non-hydrogen) atoms. The Labute approximate surface area is 85.9 Å². The molecule has 84 valence electrons. The van der Waals surface area contributed by atoms with Crippen molar-refractivity contribution in [2.45, 2.75) is 20.3 Å². The van der Waals surface area contributed by atoms with E-state index in [0.29, 0.717) is 12.5 Å². The highest BCUT2D eigenvalue weighted by Crippen LogP contribution is 2.01. The molecular weight excluding hydrogens is 182 g/mol. The summed E-state index contributed by atoms with van der Waals surface area (Å²) in [5.74, 6) is -0.381. The minimum absolute atomic E-state index is 0.127. The second-order valence-corrected chi connectivity index (χ2v) is 3.69. The Bertz CT molecular complexity index is 161. The zero-order valence-electron chi connectivity index (χ0n) is 9.32. The first-order valence-corrected chi connectivity index (χ1v) is 5.03. The zero-order chi connectivity index (χ0) is 11.0. The van der Waals surface area contributed by atoms with Gasteiger partial charge in [-0.05, 0) is 18.9 Å². The third kappa shape index (κ3) is 6.86. The van der Waals surface area contributed by atoms with Gasteiger partial charge in [0.05, 0.1) is 6.54 Å². The summed E-state index contributed by atoms with van der Waals surface area (Å²) in [7, 11) is 1.66. The molecule has 0 aliphatic carbocycles. The van der Waals surface area contributed by atoms with Gasteiger partial charge in [0.1, 0.15) is 0 Å². The van der Waals surface area contributed by atoms with Gasteiger partial charge in [-0.15, -0.1) is 0 Å². The summed E-state index contributed by atoms with van der Waals surface area (Å²) >= 11 is 0. The van der Waals surface area contributed by atoms with Crippen LogP contribution in [0.2, 0.25) is 0 Å². The van der Waals surface area contributed by atoms with E-state index in [9.17, 15) is 4.79 Å². The lowest BCUT2D eigenvalue weighted by Gasteiger charge is -2.22. The lowest BCUT2D eigenvalue weighted by molar-refractivity contribution is -0.138. The minimum atomic E-state index is -0.761. The van der Waals surface area contributed by atoms with Crippen LogP contribution in [0, 0.1) is 5.92 Å². The van der Waals surface area contributed by atoms with Crippen molar-refractivity contribution in [3.8, 4) is 0 Å². The predicted molar refractivity (Wildman–Crippen MR) is 55.4 cm³/mol. The fraction of sp³-hybridized carbons (Fsp3) is 0.900. The van der Waals surface area contributed by atoms with Crippen LogP contribution in [0.25, 0.3) is 0 Å². The van der Waals surface area contributed by atoms with Gasteiger partial charge in [0, 0.05) is 20.3 Å². The van der Waals surface area contributed by atoms with Crippen LogP contribution < -0.4 is 0 Å². The standard InChI is InChI=1S/C10H21NO3/c1-4-5-11(7-10(12)13)6-9(2)8-14-3/h9H,4-8H2,1-3H3,(H,12,13). The highest BCUT2D eigenvalue weighted by atomic mass is 16.5. The number of aliphatic carboxylic acids is 1. The first-order chi connectivity index (χ1) is 6.60. The van der Waals surface area contributed by atoms with Gasteiger partial charge in [-0.3, -0.25) is 9.69 Å². The minimum Gasteiger partial charge on any atom is -0.480 e. The zero-order valence-corrected chi connectivity index (χ0v) is 9.32. The molecule has 0 aromatic rings. The number of methoxy groups -OCH3 is 1. The first kappa shape index (κ1) is 13.4. The number of carbonyl (C=O) groups is 1. The highest BCUT2D eigenvalue weighted by molar-refractivity contribution is 5.69. The number of hydrogen-bond donors (Lipinski definition) is 1.